The van der Waals surface area contributed by atoms with E-state index in [9.17, 15) is 8.42 Å². The number of methoxy groups -OCH3 is 1. The number of hydrogen-bond donors (Lipinski definition) is 0. The number of hydrogen-bond acceptors (Lipinski definition) is 4. The Morgan fingerprint density at radius 1 is 1.08 bits per heavy atom. The van der Waals surface area contributed by atoms with Crippen LogP contribution in [0.15, 0.2) is 45.7 Å². The first-order valence-electron chi connectivity index (χ1n) is 7.34. The Bertz CT molecular complexity index is 1080. The molecule has 3 aromatic rings. The Morgan fingerprint density at radius 3 is 2.38 bits per heavy atom. The van der Waals surface area contributed by atoms with Crippen LogP contribution in [0, 0.1) is 13.8 Å². The predicted octanol–water partition coefficient (Wildman–Crippen LogP) is 3.15. The fourth-order valence-corrected chi connectivity index (χ4v) is 4.80. The Kier molecular flexibility index (Phi) is 4.23. The molecule has 24 heavy (non-hydrogen) atoms. The minimum Gasteiger partial charge on any atom is -0.495 e. The van der Waals surface area contributed by atoms with Crippen LogP contribution in [0.2, 0.25) is 0 Å². The van der Waals surface area contributed by atoms with Crippen molar-refractivity contribution < 1.29 is 13.2 Å². The molecule has 0 saturated heterocycles. The maximum atomic E-state index is 12.6. The quantitative estimate of drug-likeness (QED) is 0.719. The van der Waals surface area contributed by atoms with E-state index in [1.165, 1.54) is 11.3 Å². The predicted molar refractivity (Wildman–Crippen MR) is 96.0 cm³/mol. The molecule has 5 nitrogen and oxygen atoms in total. The maximum absolute atomic E-state index is 12.6. The van der Waals surface area contributed by atoms with Crippen molar-refractivity contribution in [3.63, 3.8) is 0 Å². The summed E-state index contributed by atoms with van der Waals surface area (Å²) in [6, 6.07) is 10.5. The van der Waals surface area contributed by atoms with Gasteiger partial charge in [0.1, 0.15) is 11.3 Å². The van der Waals surface area contributed by atoms with E-state index >= 15 is 0 Å². The molecule has 0 fully saturated rings. The lowest BCUT2D eigenvalue weighted by molar-refractivity contribution is 0.417. The lowest BCUT2D eigenvalue weighted by Gasteiger charge is -2.05. The largest absolute Gasteiger partial charge is 0.495 e. The van der Waals surface area contributed by atoms with E-state index in [0.717, 1.165) is 21.3 Å². The fourth-order valence-electron chi connectivity index (χ4n) is 2.47. The normalized spacial score (nSPS) is 12.8. The van der Waals surface area contributed by atoms with Crippen LogP contribution in [0.4, 0.5) is 0 Å². The third-order valence-electron chi connectivity index (χ3n) is 3.84. The van der Waals surface area contributed by atoms with Crippen LogP contribution in [0.1, 0.15) is 11.1 Å². The van der Waals surface area contributed by atoms with Crippen molar-refractivity contribution in [2.45, 2.75) is 18.7 Å². The van der Waals surface area contributed by atoms with E-state index in [2.05, 4.69) is 4.40 Å². The second-order valence-corrected chi connectivity index (χ2v) is 8.17. The summed E-state index contributed by atoms with van der Waals surface area (Å²) in [5.74, 6) is 0.698. The summed E-state index contributed by atoms with van der Waals surface area (Å²) in [7, 11) is -0.364. The summed E-state index contributed by atoms with van der Waals surface area (Å²) < 4.78 is 37.3. The van der Waals surface area contributed by atoms with Crippen LogP contribution in [0.3, 0.4) is 0 Å². The minimum absolute atomic E-state index is 0.189. The Balaban J connectivity index is 2.26. The third-order valence-corrected chi connectivity index (χ3v) is 6.51. The van der Waals surface area contributed by atoms with Gasteiger partial charge in [0, 0.05) is 7.05 Å². The van der Waals surface area contributed by atoms with Gasteiger partial charge in [-0.25, -0.2) is 0 Å². The Labute approximate surface area is 144 Å². The molecule has 2 aromatic carbocycles. The topological polar surface area (TPSA) is 60.7 Å². The number of ether oxygens (including phenoxy) is 1. The van der Waals surface area contributed by atoms with Gasteiger partial charge in [-0.2, -0.15) is 8.42 Å². The highest BCUT2D eigenvalue weighted by Crippen LogP contribution is 2.29. The van der Waals surface area contributed by atoms with Crippen LogP contribution in [0.5, 0.6) is 5.75 Å². The van der Waals surface area contributed by atoms with Gasteiger partial charge in [0.2, 0.25) is 4.80 Å². The molecular weight excluding hydrogens is 344 g/mol. The van der Waals surface area contributed by atoms with E-state index < -0.39 is 10.0 Å². The van der Waals surface area contributed by atoms with Gasteiger partial charge in [-0.15, -0.1) is 4.40 Å². The fraction of sp³-hybridized carbons (Fsp3) is 0.235. The minimum atomic E-state index is -3.76. The van der Waals surface area contributed by atoms with Gasteiger partial charge in [-0.1, -0.05) is 35.1 Å². The van der Waals surface area contributed by atoms with Crippen molar-refractivity contribution in [3.05, 3.63) is 52.3 Å². The molecule has 0 aliphatic carbocycles. The van der Waals surface area contributed by atoms with Crippen LogP contribution in [-0.4, -0.2) is 20.1 Å². The van der Waals surface area contributed by atoms with Crippen molar-refractivity contribution in [2.24, 2.45) is 11.4 Å². The third kappa shape index (κ3) is 2.85. The number of nitrogens with zero attached hydrogens (tertiary/aromatic N) is 2. The molecule has 0 spiro atoms. The van der Waals surface area contributed by atoms with Crippen molar-refractivity contribution in [2.75, 3.05) is 7.11 Å². The van der Waals surface area contributed by atoms with Gasteiger partial charge < -0.3 is 9.30 Å². The van der Waals surface area contributed by atoms with Gasteiger partial charge >= 0.3 is 0 Å². The van der Waals surface area contributed by atoms with Crippen LogP contribution < -0.4 is 9.54 Å². The number of fused-ring (bicyclic) bond motifs is 1. The number of aryl methyl sites for hydroxylation is 3. The molecular formula is C17H18N2O3S2. The molecule has 3 rings (SSSR count). The average molecular weight is 362 g/mol. The highest BCUT2D eigenvalue weighted by molar-refractivity contribution is 7.90. The summed E-state index contributed by atoms with van der Waals surface area (Å²) >= 11 is 1.34. The second-order valence-electron chi connectivity index (χ2n) is 5.59. The molecule has 1 aromatic heterocycles. The number of sulfonamides is 1. The SMILES string of the molecule is COc1ccc(C)c2s/c(=N\S(=O)(=O)c3ccc(C)cc3)n(C)c12. The summed E-state index contributed by atoms with van der Waals surface area (Å²) in [5, 5.41) is 0. The van der Waals surface area contributed by atoms with Gasteiger partial charge in [0.25, 0.3) is 10.0 Å². The first-order chi connectivity index (χ1) is 11.3. The van der Waals surface area contributed by atoms with Crippen LogP contribution >= 0.6 is 11.3 Å². The van der Waals surface area contributed by atoms with Gasteiger partial charge in [-0.05, 0) is 37.6 Å². The number of aromatic nitrogens is 1. The average Bonchev–Trinajstić information content (AvgIpc) is 2.86. The number of benzene rings is 2. The monoisotopic (exact) mass is 362 g/mol. The molecule has 0 aliphatic rings. The van der Waals surface area contributed by atoms with Crippen LogP contribution in [-0.2, 0) is 17.1 Å². The molecule has 0 saturated carbocycles. The van der Waals surface area contributed by atoms with Crippen molar-refractivity contribution in [1.29, 1.82) is 0 Å². The highest BCUT2D eigenvalue weighted by Gasteiger charge is 2.16. The van der Waals surface area contributed by atoms with Crippen molar-refractivity contribution in [1.82, 2.24) is 4.57 Å². The summed E-state index contributed by atoms with van der Waals surface area (Å²) in [6.45, 7) is 3.89. The van der Waals surface area contributed by atoms with E-state index in [0.29, 0.717) is 10.6 Å². The highest BCUT2D eigenvalue weighted by atomic mass is 32.2. The van der Waals surface area contributed by atoms with E-state index in [-0.39, 0.29) is 4.90 Å². The summed E-state index contributed by atoms with van der Waals surface area (Å²) in [5.41, 5.74) is 2.91. The standard InChI is InChI=1S/C17H18N2O3S2/c1-11-5-8-13(9-6-11)24(20,21)18-17-19(3)15-14(22-4)10-7-12(2)16(15)23-17/h5-10H,1-4H3/b18-17-. The lowest BCUT2D eigenvalue weighted by atomic mass is 10.2. The Morgan fingerprint density at radius 2 is 1.75 bits per heavy atom. The van der Waals surface area contributed by atoms with E-state index in [4.69, 9.17) is 4.74 Å². The van der Waals surface area contributed by atoms with E-state index in [1.807, 2.05) is 26.0 Å². The summed E-state index contributed by atoms with van der Waals surface area (Å²) in [6.07, 6.45) is 0. The van der Waals surface area contributed by atoms with Gasteiger partial charge in [0.15, 0.2) is 0 Å². The smallest absolute Gasteiger partial charge is 0.285 e. The van der Waals surface area contributed by atoms with Crippen LogP contribution in [0.25, 0.3) is 10.2 Å². The molecule has 7 heteroatoms. The molecule has 0 amide bonds. The first kappa shape index (κ1) is 16.7. The molecule has 0 N–H and O–H groups in total. The molecule has 126 valence electrons. The zero-order valence-corrected chi connectivity index (χ0v) is 15.5. The number of thiazole rings is 1. The van der Waals surface area contributed by atoms with Gasteiger partial charge in [0.05, 0.1) is 16.7 Å². The molecule has 0 atom stereocenters. The Hall–Kier alpha value is -2.12. The van der Waals surface area contributed by atoms with Crippen molar-refractivity contribution in [3.8, 4) is 5.75 Å². The molecule has 0 bridgehead atoms. The maximum Gasteiger partial charge on any atom is 0.285 e. The zero-order valence-electron chi connectivity index (χ0n) is 13.9. The van der Waals surface area contributed by atoms with E-state index in [1.54, 1.807) is 43.0 Å². The number of rotatable bonds is 3. The van der Waals surface area contributed by atoms with Gasteiger partial charge in [-0.3, -0.25) is 0 Å². The first-order valence-corrected chi connectivity index (χ1v) is 9.60. The molecule has 1 heterocycles. The second kappa shape index (κ2) is 6.07. The zero-order chi connectivity index (χ0) is 17.5. The van der Waals surface area contributed by atoms with Crippen molar-refractivity contribution >= 4 is 31.6 Å². The lowest BCUT2D eigenvalue weighted by Crippen LogP contribution is -2.14. The molecule has 0 unspecified atom stereocenters. The summed E-state index contributed by atoms with van der Waals surface area (Å²) in [4.78, 5) is 0.604. The molecule has 0 radical (unpaired) electrons. The molecule has 0 aliphatic heterocycles.